The fourth-order valence-electron chi connectivity index (χ4n) is 1.70. The Kier molecular flexibility index (Phi) is 4.74. The summed E-state index contributed by atoms with van der Waals surface area (Å²) >= 11 is 0. The molecule has 0 fully saturated rings. The molecular weight excluding hydrogens is 250 g/mol. The van der Waals surface area contributed by atoms with Gasteiger partial charge in [-0.15, -0.1) is 0 Å². The smallest absolute Gasteiger partial charge is 0.325 e. The van der Waals surface area contributed by atoms with Gasteiger partial charge in [0.05, 0.1) is 0 Å². The molecule has 19 heavy (non-hydrogen) atoms. The van der Waals surface area contributed by atoms with Crippen LogP contribution in [0.25, 0.3) is 0 Å². The lowest BCUT2D eigenvalue weighted by Crippen LogP contribution is -2.38. The minimum Gasteiger partial charge on any atom is -0.508 e. The second-order valence-electron chi connectivity index (χ2n) is 4.48. The highest BCUT2D eigenvalue weighted by molar-refractivity contribution is 5.83. The summed E-state index contributed by atoms with van der Waals surface area (Å²) in [5.41, 5.74) is 0.524. The summed E-state index contributed by atoms with van der Waals surface area (Å²) in [4.78, 5) is 22.2. The van der Waals surface area contributed by atoms with E-state index in [1.165, 1.54) is 25.1 Å². The maximum Gasteiger partial charge on any atom is 0.325 e. The fraction of sp³-hybridized carbons (Fsp3) is 0.385. The van der Waals surface area contributed by atoms with E-state index in [9.17, 15) is 19.8 Å². The molecule has 2 atom stereocenters. The van der Waals surface area contributed by atoms with Crippen LogP contribution in [0.2, 0.25) is 0 Å². The van der Waals surface area contributed by atoms with Gasteiger partial charge in [0, 0.05) is 12.5 Å². The van der Waals surface area contributed by atoms with Crippen molar-refractivity contribution in [3.63, 3.8) is 0 Å². The van der Waals surface area contributed by atoms with Gasteiger partial charge < -0.3 is 20.6 Å². The van der Waals surface area contributed by atoms with Crippen molar-refractivity contribution in [2.75, 3.05) is 0 Å². The quantitative estimate of drug-likeness (QED) is 0.641. The Bertz CT molecular complexity index is 486. The molecule has 0 aliphatic heterocycles. The Morgan fingerprint density at radius 1 is 1.26 bits per heavy atom. The van der Waals surface area contributed by atoms with Crippen LogP contribution in [0.15, 0.2) is 18.2 Å². The topological polar surface area (TPSA) is 107 Å². The molecule has 0 saturated heterocycles. The number of benzene rings is 1. The Morgan fingerprint density at radius 2 is 1.89 bits per heavy atom. The van der Waals surface area contributed by atoms with Gasteiger partial charge in [-0.2, -0.15) is 0 Å². The molecular formula is C13H17NO5. The van der Waals surface area contributed by atoms with Gasteiger partial charge in [0.2, 0.25) is 5.91 Å². The number of carbonyl (C=O) groups excluding carboxylic acids is 1. The summed E-state index contributed by atoms with van der Waals surface area (Å²) in [5, 5.41) is 29.9. The van der Waals surface area contributed by atoms with Crippen LogP contribution in [0.3, 0.4) is 0 Å². The minimum absolute atomic E-state index is 0.0515. The zero-order valence-electron chi connectivity index (χ0n) is 10.8. The second kappa shape index (κ2) is 6.08. The molecule has 4 N–H and O–H groups in total. The zero-order chi connectivity index (χ0) is 14.6. The monoisotopic (exact) mass is 267 g/mol. The second-order valence-corrected chi connectivity index (χ2v) is 4.48. The molecule has 0 aromatic heterocycles. The predicted molar refractivity (Wildman–Crippen MR) is 68.0 cm³/mol. The standard InChI is InChI=1S/C13H17NO5/c1-7(5-12(17)14-8(2)13(18)19)10-4-3-9(15)6-11(10)16/h3-4,6-8,15-16H,5H2,1-2H3,(H,14,17)(H,18,19). The van der Waals surface area contributed by atoms with E-state index in [0.717, 1.165) is 0 Å². The number of phenols is 2. The van der Waals surface area contributed by atoms with Crippen LogP contribution in [0, 0.1) is 0 Å². The first kappa shape index (κ1) is 14.8. The van der Waals surface area contributed by atoms with Crippen LogP contribution in [0.5, 0.6) is 11.5 Å². The highest BCUT2D eigenvalue weighted by Crippen LogP contribution is 2.30. The van der Waals surface area contributed by atoms with E-state index < -0.39 is 17.9 Å². The van der Waals surface area contributed by atoms with Crippen molar-refractivity contribution < 1.29 is 24.9 Å². The van der Waals surface area contributed by atoms with Gasteiger partial charge in [0.25, 0.3) is 0 Å². The number of carboxylic acid groups (broad SMARTS) is 1. The van der Waals surface area contributed by atoms with Crippen molar-refractivity contribution in [2.45, 2.75) is 32.2 Å². The average molecular weight is 267 g/mol. The maximum atomic E-state index is 11.6. The average Bonchev–Trinajstić information content (AvgIpc) is 2.27. The Labute approximate surface area is 110 Å². The maximum absolute atomic E-state index is 11.6. The summed E-state index contributed by atoms with van der Waals surface area (Å²) in [6.45, 7) is 3.11. The lowest BCUT2D eigenvalue weighted by atomic mass is 9.96. The van der Waals surface area contributed by atoms with Gasteiger partial charge in [-0.1, -0.05) is 13.0 Å². The first-order chi connectivity index (χ1) is 8.81. The number of phenolic OH excluding ortho intramolecular Hbond substituents is 2. The van der Waals surface area contributed by atoms with E-state index in [0.29, 0.717) is 5.56 Å². The number of hydrogen-bond donors (Lipinski definition) is 4. The molecule has 0 heterocycles. The van der Waals surface area contributed by atoms with Crippen LogP contribution < -0.4 is 5.32 Å². The van der Waals surface area contributed by atoms with Crippen molar-refractivity contribution in [2.24, 2.45) is 0 Å². The molecule has 0 radical (unpaired) electrons. The van der Waals surface area contributed by atoms with Crippen molar-refractivity contribution in [1.29, 1.82) is 0 Å². The number of hydrogen-bond acceptors (Lipinski definition) is 4. The molecule has 104 valence electrons. The van der Waals surface area contributed by atoms with Gasteiger partial charge in [0.15, 0.2) is 0 Å². The molecule has 6 nitrogen and oxygen atoms in total. The first-order valence-corrected chi connectivity index (χ1v) is 5.85. The molecule has 0 aliphatic carbocycles. The van der Waals surface area contributed by atoms with E-state index >= 15 is 0 Å². The molecule has 0 aliphatic rings. The predicted octanol–water partition coefficient (Wildman–Crippen LogP) is 1.18. The summed E-state index contributed by atoms with van der Waals surface area (Å²) in [6.07, 6.45) is 0.0515. The molecule has 6 heteroatoms. The number of nitrogens with one attached hydrogen (secondary N) is 1. The Balaban J connectivity index is 2.66. The summed E-state index contributed by atoms with van der Waals surface area (Å²) in [7, 11) is 0. The highest BCUT2D eigenvalue weighted by atomic mass is 16.4. The van der Waals surface area contributed by atoms with Gasteiger partial charge >= 0.3 is 5.97 Å². The van der Waals surface area contributed by atoms with E-state index in [4.69, 9.17) is 5.11 Å². The van der Waals surface area contributed by atoms with Gasteiger partial charge in [-0.3, -0.25) is 9.59 Å². The lowest BCUT2D eigenvalue weighted by molar-refractivity contribution is -0.141. The normalized spacial score (nSPS) is 13.6. The SMILES string of the molecule is CC(NC(=O)CC(C)c1ccc(O)cc1O)C(=O)O. The third-order valence-electron chi connectivity index (χ3n) is 2.78. The van der Waals surface area contributed by atoms with Gasteiger partial charge in [-0.25, -0.2) is 0 Å². The molecule has 1 aromatic rings. The zero-order valence-corrected chi connectivity index (χ0v) is 10.8. The summed E-state index contributed by atoms with van der Waals surface area (Å²) in [5.74, 6) is -1.95. The number of carboxylic acids is 1. The number of aromatic hydroxyl groups is 2. The number of carbonyl (C=O) groups is 2. The molecule has 0 spiro atoms. The van der Waals surface area contributed by atoms with Gasteiger partial charge in [0.1, 0.15) is 17.5 Å². The van der Waals surface area contributed by atoms with E-state index in [-0.39, 0.29) is 23.8 Å². The first-order valence-electron chi connectivity index (χ1n) is 5.85. The van der Waals surface area contributed by atoms with E-state index in [2.05, 4.69) is 5.32 Å². The van der Waals surface area contributed by atoms with Crippen LogP contribution in [0.4, 0.5) is 0 Å². The van der Waals surface area contributed by atoms with Crippen LogP contribution in [0.1, 0.15) is 31.7 Å². The van der Waals surface area contributed by atoms with Crippen molar-refractivity contribution in [3.8, 4) is 11.5 Å². The number of amides is 1. The van der Waals surface area contributed by atoms with Gasteiger partial charge in [-0.05, 0) is 24.5 Å². The Morgan fingerprint density at radius 3 is 2.42 bits per heavy atom. The molecule has 1 rings (SSSR count). The molecule has 2 unspecified atom stereocenters. The third-order valence-corrected chi connectivity index (χ3v) is 2.78. The van der Waals surface area contributed by atoms with Crippen molar-refractivity contribution in [3.05, 3.63) is 23.8 Å². The summed E-state index contributed by atoms with van der Waals surface area (Å²) in [6, 6.07) is 3.20. The summed E-state index contributed by atoms with van der Waals surface area (Å²) < 4.78 is 0. The lowest BCUT2D eigenvalue weighted by Gasteiger charge is -2.15. The van der Waals surface area contributed by atoms with E-state index in [1.807, 2.05) is 0 Å². The van der Waals surface area contributed by atoms with Crippen LogP contribution in [-0.2, 0) is 9.59 Å². The highest BCUT2D eigenvalue weighted by Gasteiger charge is 2.18. The van der Waals surface area contributed by atoms with E-state index in [1.54, 1.807) is 6.92 Å². The van der Waals surface area contributed by atoms with Crippen molar-refractivity contribution >= 4 is 11.9 Å². The molecule has 1 amide bonds. The minimum atomic E-state index is -1.10. The number of rotatable bonds is 5. The van der Waals surface area contributed by atoms with Crippen LogP contribution >= 0.6 is 0 Å². The largest absolute Gasteiger partial charge is 0.508 e. The third kappa shape index (κ3) is 4.17. The number of aliphatic carboxylic acids is 1. The Hall–Kier alpha value is -2.24. The molecule has 0 bridgehead atoms. The van der Waals surface area contributed by atoms with Crippen molar-refractivity contribution in [1.82, 2.24) is 5.32 Å². The fourth-order valence-corrected chi connectivity index (χ4v) is 1.70. The van der Waals surface area contributed by atoms with Crippen LogP contribution in [-0.4, -0.2) is 33.2 Å². The molecule has 0 saturated carbocycles. The molecule has 1 aromatic carbocycles.